The van der Waals surface area contributed by atoms with Crippen molar-refractivity contribution in [2.24, 2.45) is 0 Å². The molecule has 1 fully saturated rings. The van der Waals surface area contributed by atoms with Gasteiger partial charge in [0, 0.05) is 4.88 Å². The number of nitrogens with zero attached hydrogens (tertiary/aromatic N) is 2. The van der Waals surface area contributed by atoms with Gasteiger partial charge in [-0.15, -0.1) is 11.3 Å². The van der Waals surface area contributed by atoms with Crippen molar-refractivity contribution in [2.75, 3.05) is 5.73 Å². The molecule has 21 heavy (non-hydrogen) atoms. The molecule has 3 aromatic rings. The highest BCUT2D eigenvalue weighted by Crippen LogP contribution is 2.52. The van der Waals surface area contributed by atoms with Crippen LogP contribution in [-0.4, -0.2) is 9.97 Å². The van der Waals surface area contributed by atoms with E-state index in [1.807, 2.05) is 6.07 Å². The second kappa shape index (κ2) is 4.53. The van der Waals surface area contributed by atoms with Gasteiger partial charge in [-0.3, -0.25) is 0 Å². The van der Waals surface area contributed by atoms with Gasteiger partial charge < -0.3 is 5.73 Å². The van der Waals surface area contributed by atoms with E-state index in [9.17, 15) is 0 Å². The largest absolute Gasteiger partial charge is 0.383 e. The van der Waals surface area contributed by atoms with Crippen LogP contribution in [0.4, 0.5) is 5.82 Å². The van der Waals surface area contributed by atoms with Crippen molar-refractivity contribution in [3.05, 3.63) is 52.7 Å². The van der Waals surface area contributed by atoms with Crippen LogP contribution in [0.1, 0.15) is 36.0 Å². The number of thiophene rings is 1. The fourth-order valence-electron chi connectivity index (χ4n) is 2.91. The van der Waals surface area contributed by atoms with Crippen LogP contribution >= 0.6 is 11.3 Å². The van der Waals surface area contributed by atoms with E-state index in [0.29, 0.717) is 5.82 Å². The lowest BCUT2D eigenvalue weighted by molar-refractivity contribution is 0.766. The highest BCUT2D eigenvalue weighted by atomic mass is 32.1. The van der Waals surface area contributed by atoms with Crippen LogP contribution in [0.2, 0.25) is 0 Å². The lowest BCUT2D eigenvalue weighted by Gasteiger charge is -2.14. The lowest BCUT2D eigenvalue weighted by Crippen LogP contribution is -2.14. The molecule has 4 heteroatoms. The first-order valence-corrected chi connectivity index (χ1v) is 8.16. The number of aromatic nitrogens is 2. The molecule has 3 nitrogen and oxygen atoms in total. The summed E-state index contributed by atoms with van der Waals surface area (Å²) in [5.74, 6) is 1.51. The zero-order valence-electron chi connectivity index (χ0n) is 12.0. The Kier molecular flexibility index (Phi) is 2.76. The third-order valence-corrected chi connectivity index (χ3v) is 5.50. The molecule has 0 atom stereocenters. The van der Waals surface area contributed by atoms with Gasteiger partial charge in [0.1, 0.15) is 16.5 Å². The SMILES string of the molecule is CCc1cc2c(N)nc(C3(c4ccccc4)CC3)nc2s1. The molecule has 2 N–H and O–H groups in total. The van der Waals surface area contributed by atoms with Crippen LogP contribution in [0.5, 0.6) is 0 Å². The number of nitrogens with two attached hydrogens (primary N) is 1. The number of fused-ring (bicyclic) bond motifs is 1. The summed E-state index contributed by atoms with van der Waals surface area (Å²) in [5, 5.41) is 1.00. The number of benzene rings is 1. The smallest absolute Gasteiger partial charge is 0.142 e. The molecular weight excluding hydrogens is 278 g/mol. The van der Waals surface area contributed by atoms with E-state index in [1.165, 1.54) is 10.4 Å². The van der Waals surface area contributed by atoms with Crippen molar-refractivity contribution in [1.82, 2.24) is 9.97 Å². The van der Waals surface area contributed by atoms with E-state index in [-0.39, 0.29) is 5.41 Å². The number of hydrogen-bond donors (Lipinski definition) is 1. The highest BCUT2D eigenvalue weighted by molar-refractivity contribution is 7.18. The van der Waals surface area contributed by atoms with Crippen LogP contribution in [0.3, 0.4) is 0 Å². The average molecular weight is 295 g/mol. The van der Waals surface area contributed by atoms with Gasteiger partial charge in [-0.25, -0.2) is 9.97 Å². The van der Waals surface area contributed by atoms with E-state index in [1.54, 1.807) is 11.3 Å². The third-order valence-electron chi connectivity index (χ3n) is 4.33. The van der Waals surface area contributed by atoms with Crippen molar-refractivity contribution < 1.29 is 0 Å². The molecule has 0 unspecified atom stereocenters. The molecule has 0 aliphatic heterocycles. The van der Waals surface area contributed by atoms with Crippen LogP contribution in [0, 0.1) is 0 Å². The standard InChI is InChI=1S/C17H17N3S/c1-2-12-10-13-14(18)19-16(20-15(13)21-12)17(8-9-17)11-6-4-3-5-7-11/h3-7,10H,2,8-9H2,1H3,(H2,18,19,20). The number of rotatable bonds is 3. The molecule has 1 saturated carbocycles. The van der Waals surface area contributed by atoms with Crippen molar-refractivity contribution in [3.8, 4) is 0 Å². The second-order valence-corrected chi connectivity index (χ2v) is 6.78. The predicted octanol–water partition coefficient (Wildman–Crippen LogP) is 3.92. The zero-order chi connectivity index (χ0) is 14.4. The van der Waals surface area contributed by atoms with Crippen molar-refractivity contribution in [1.29, 1.82) is 0 Å². The van der Waals surface area contributed by atoms with Crippen molar-refractivity contribution >= 4 is 27.4 Å². The fourth-order valence-corrected chi connectivity index (χ4v) is 3.88. The van der Waals surface area contributed by atoms with E-state index in [4.69, 9.17) is 10.7 Å². The van der Waals surface area contributed by atoms with Gasteiger partial charge in [0.2, 0.25) is 0 Å². The molecule has 1 aromatic carbocycles. The van der Waals surface area contributed by atoms with Crippen LogP contribution in [-0.2, 0) is 11.8 Å². The molecule has 1 aliphatic rings. The minimum Gasteiger partial charge on any atom is -0.383 e. The molecule has 0 amide bonds. The van der Waals surface area contributed by atoms with Crippen LogP contribution < -0.4 is 5.73 Å². The summed E-state index contributed by atoms with van der Waals surface area (Å²) in [6.07, 6.45) is 3.22. The van der Waals surface area contributed by atoms with Crippen LogP contribution in [0.15, 0.2) is 36.4 Å². The number of aryl methyl sites for hydroxylation is 1. The van der Waals surface area contributed by atoms with E-state index in [0.717, 1.165) is 35.3 Å². The van der Waals surface area contributed by atoms with Crippen molar-refractivity contribution in [3.63, 3.8) is 0 Å². The third kappa shape index (κ3) is 1.94. The monoisotopic (exact) mass is 295 g/mol. The first-order valence-electron chi connectivity index (χ1n) is 7.35. The molecule has 4 rings (SSSR count). The summed E-state index contributed by atoms with van der Waals surface area (Å²) >= 11 is 1.73. The topological polar surface area (TPSA) is 51.8 Å². The van der Waals surface area contributed by atoms with Gasteiger partial charge in [-0.1, -0.05) is 37.3 Å². The molecular formula is C17H17N3S. The normalized spacial score (nSPS) is 16.2. The highest BCUT2D eigenvalue weighted by Gasteiger charge is 2.48. The molecule has 0 bridgehead atoms. The molecule has 2 aromatic heterocycles. The van der Waals surface area contributed by atoms with Gasteiger partial charge in [0.05, 0.1) is 10.8 Å². The summed E-state index contributed by atoms with van der Waals surface area (Å²) in [5.41, 5.74) is 7.47. The number of hydrogen-bond acceptors (Lipinski definition) is 4. The van der Waals surface area contributed by atoms with Gasteiger partial charge in [0.25, 0.3) is 0 Å². The quantitative estimate of drug-likeness (QED) is 0.797. The molecule has 0 saturated heterocycles. The Bertz CT molecular complexity index is 804. The minimum absolute atomic E-state index is 0.0140. The predicted molar refractivity (Wildman–Crippen MR) is 87.7 cm³/mol. The molecule has 0 radical (unpaired) electrons. The van der Waals surface area contributed by atoms with Gasteiger partial charge in [0.15, 0.2) is 0 Å². The number of anilines is 1. The molecule has 106 valence electrons. The first-order chi connectivity index (χ1) is 10.2. The molecule has 0 spiro atoms. The maximum Gasteiger partial charge on any atom is 0.142 e. The number of nitrogen functional groups attached to an aromatic ring is 1. The lowest BCUT2D eigenvalue weighted by atomic mass is 9.95. The van der Waals surface area contributed by atoms with Gasteiger partial charge >= 0.3 is 0 Å². The van der Waals surface area contributed by atoms with Gasteiger partial charge in [-0.2, -0.15) is 0 Å². The van der Waals surface area contributed by atoms with E-state index < -0.39 is 0 Å². The van der Waals surface area contributed by atoms with Gasteiger partial charge in [-0.05, 0) is 30.9 Å². The van der Waals surface area contributed by atoms with Crippen LogP contribution in [0.25, 0.3) is 10.2 Å². The molecule has 2 heterocycles. The van der Waals surface area contributed by atoms with E-state index >= 15 is 0 Å². The Labute approximate surface area is 127 Å². The fraction of sp³-hybridized carbons (Fsp3) is 0.294. The Hall–Kier alpha value is -1.94. The summed E-state index contributed by atoms with van der Waals surface area (Å²) in [6, 6.07) is 12.7. The van der Waals surface area contributed by atoms with Crippen molar-refractivity contribution in [2.45, 2.75) is 31.6 Å². The summed E-state index contributed by atoms with van der Waals surface area (Å²) in [6.45, 7) is 2.15. The Balaban J connectivity index is 1.87. The summed E-state index contributed by atoms with van der Waals surface area (Å²) < 4.78 is 0. The second-order valence-electron chi connectivity index (χ2n) is 5.67. The van der Waals surface area contributed by atoms with E-state index in [2.05, 4.69) is 42.2 Å². The average Bonchev–Trinajstić information content (AvgIpc) is 3.22. The summed E-state index contributed by atoms with van der Waals surface area (Å²) in [7, 11) is 0. The maximum absolute atomic E-state index is 6.18. The molecule has 1 aliphatic carbocycles. The zero-order valence-corrected chi connectivity index (χ0v) is 12.8. The maximum atomic E-state index is 6.18. The Morgan fingerprint density at radius 1 is 1.19 bits per heavy atom. The minimum atomic E-state index is -0.0140. The Morgan fingerprint density at radius 2 is 1.95 bits per heavy atom. The Morgan fingerprint density at radius 3 is 2.62 bits per heavy atom. The first kappa shape index (κ1) is 12.8. The summed E-state index contributed by atoms with van der Waals surface area (Å²) in [4.78, 5) is 11.8.